The number of hydrogen-bond acceptors (Lipinski definition) is 6. The summed E-state index contributed by atoms with van der Waals surface area (Å²) in [6.07, 6.45) is 2.93. The van der Waals surface area contributed by atoms with Gasteiger partial charge in [0, 0.05) is 23.4 Å². The van der Waals surface area contributed by atoms with Crippen molar-refractivity contribution in [3.8, 4) is 17.2 Å². The van der Waals surface area contributed by atoms with E-state index in [1.165, 1.54) is 19.3 Å². The van der Waals surface area contributed by atoms with Crippen molar-refractivity contribution in [2.45, 2.75) is 6.92 Å². The zero-order valence-electron chi connectivity index (χ0n) is 14.9. The second-order valence-corrected chi connectivity index (χ2v) is 5.83. The van der Waals surface area contributed by atoms with Gasteiger partial charge in [0.2, 0.25) is 11.7 Å². The number of ether oxygens (including phenoxy) is 3. The molecule has 0 spiro atoms. The maximum absolute atomic E-state index is 12.1. The molecule has 1 aliphatic rings. The lowest BCUT2D eigenvalue weighted by Crippen LogP contribution is -2.16. The van der Waals surface area contributed by atoms with Gasteiger partial charge in [-0.2, -0.15) is 0 Å². The van der Waals surface area contributed by atoms with Crippen LogP contribution in [0.5, 0.6) is 17.2 Å². The first-order valence-corrected chi connectivity index (χ1v) is 8.19. The summed E-state index contributed by atoms with van der Waals surface area (Å²) in [5.74, 6) is 1.19. The lowest BCUT2D eigenvalue weighted by Gasteiger charge is -2.20. The average Bonchev–Trinajstić information content (AvgIpc) is 2.67. The number of fused-ring (bicyclic) bond motifs is 1. The number of nitrogens with zero attached hydrogens (tertiary/aromatic N) is 1. The number of anilines is 1. The maximum Gasteiger partial charge on any atom is 0.274 e. The van der Waals surface area contributed by atoms with Crippen LogP contribution >= 0.6 is 0 Å². The third kappa shape index (κ3) is 4.17. The van der Waals surface area contributed by atoms with Gasteiger partial charge in [-0.05, 0) is 36.8 Å². The zero-order valence-corrected chi connectivity index (χ0v) is 14.9. The number of nitrogens with one attached hydrogen (secondary N) is 1. The lowest BCUT2D eigenvalue weighted by atomic mass is 10.1. The number of nitro benzene ring substituents is 1. The van der Waals surface area contributed by atoms with Gasteiger partial charge in [-0.1, -0.05) is 6.07 Å². The topological polar surface area (TPSA) is 99.9 Å². The van der Waals surface area contributed by atoms with Crippen LogP contribution in [0.25, 0.3) is 6.08 Å². The van der Waals surface area contributed by atoms with Crippen LogP contribution in [0, 0.1) is 17.0 Å². The van der Waals surface area contributed by atoms with E-state index < -0.39 is 10.8 Å². The fourth-order valence-electron chi connectivity index (χ4n) is 2.63. The van der Waals surface area contributed by atoms with Gasteiger partial charge in [0.25, 0.3) is 5.69 Å². The van der Waals surface area contributed by atoms with Gasteiger partial charge in [-0.3, -0.25) is 14.9 Å². The lowest BCUT2D eigenvalue weighted by molar-refractivity contribution is -0.385. The maximum atomic E-state index is 12.1. The molecule has 8 nitrogen and oxygen atoms in total. The van der Waals surface area contributed by atoms with E-state index in [0.717, 1.165) is 0 Å². The molecular weight excluding hydrogens is 352 g/mol. The third-order valence-corrected chi connectivity index (χ3v) is 3.95. The number of carbonyl (C=O) groups is 1. The predicted octanol–water partition coefficient (Wildman–Crippen LogP) is 3.33. The van der Waals surface area contributed by atoms with Gasteiger partial charge in [0.05, 0.1) is 12.0 Å². The molecule has 8 heteroatoms. The first-order valence-electron chi connectivity index (χ1n) is 8.19. The minimum absolute atomic E-state index is 0.0478. The van der Waals surface area contributed by atoms with Crippen LogP contribution in [0.4, 0.5) is 11.4 Å². The predicted molar refractivity (Wildman–Crippen MR) is 99.5 cm³/mol. The molecule has 0 saturated heterocycles. The molecule has 1 amide bonds. The van der Waals surface area contributed by atoms with Gasteiger partial charge in [-0.25, -0.2) is 0 Å². The largest absolute Gasteiger partial charge is 0.493 e. The SMILES string of the molecule is COc1cc(/C=C/C(=O)Nc2ccc(C)c([N+](=O)[O-])c2)cc2c1OCCO2. The Labute approximate surface area is 155 Å². The molecule has 1 N–H and O–H groups in total. The summed E-state index contributed by atoms with van der Waals surface area (Å²) < 4.78 is 16.4. The minimum Gasteiger partial charge on any atom is -0.493 e. The Morgan fingerprint density at radius 1 is 1.26 bits per heavy atom. The Hall–Kier alpha value is -3.55. The summed E-state index contributed by atoms with van der Waals surface area (Å²) >= 11 is 0. The van der Waals surface area contributed by atoms with Crippen molar-refractivity contribution < 1.29 is 23.9 Å². The minimum atomic E-state index is -0.484. The molecule has 3 rings (SSSR count). The molecule has 1 aliphatic heterocycles. The van der Waals surface area contributed by atoms with Crippen LogP contribution in [0.3, 0.4) is 0 Å². The molecule has 140 valence electrons. The van der Waals surface area contributed by atoms with E-state index in [-0.39, 0.29) is 5.69 Å². The smallest absolute Gasteiger partial charge is 0.274 e. The number of amides is 1. The van der Waals surface area contributed by atoms with Crippen molar-refractivity contribution in [2.75, 3.05) is 25.6 Å². The fourth-order valence-corrected chi connectivity index (χ4v) is 2.63. The second-order valence-electron chi connectivity index (χ2n) is 5.83. The normalized spacial score (nSPS) is 12.7. The number of benzene rings is 2. The summed E-state index contributed by atoms with van der Waals surface area (Å²) in [5, 5.41) is 13.6. The van der Waals surface area contributed by atoms with E-state index in [9.17, 15) is 14.9 Å². The standard InChI is InChI=1S/C19H18N2O6/c1-12-3-5-14(11-15(12)21(23)24)20-18(22)6-4-13-9-16(25-2)19-17(10-13)26-7-8-27-19/h3-6,9-11H,7-8H2,1-2H3,(H,20,22)/b6-4+. The number of methoxy groups -OCH3 is 1. The zero-order chi connectivity index (χ0) is 19.4. The summed E-state index contributed by atoms with van der Waals surface area (Å²) in [6.45, 7) is 2.53. The summed E-state index contributed by atoms with van der Waals surface area (Å²) in [4.78, 5) is 22.6. The highest BCUT2D eigenvalue weighted by Gasteiger charge is 2.18. The van der Waals surface area contributed by atoms with Crippen molar-refractivity contribution in [2.24, 2.45) is 0 Å². The molecule has 2 aromatic rings. The van der Waals surface area contributed by atoms with Crippen molar-refractivity contribution in [3.05, 3.63) is 57.6 Å². The Morgan fingerprint density at radius 2 is 2.04 bits per heavy atom. The molecule has 0 unspecified atom stereocenters. The summed E-state index contributed by atoms with van der Waals surface area (Å²) in [5.41, 5.74) is 1.52. The molecule has 0 aliphatic carbocycles. The molecule has 27 heavy (non-hydrogen) atoms. The number of aryl methyl sites for hydroxylation is 1. The Bertz CT molecular complexity index is 905. The molecule has 0 atom stereocenters. The Morgan fingerprint density at radius 3 is 2.78 bits per heavy atom. The van der Waals surface area contributed by atoms with Crippen LogP contribution in [0.2, 0.25) is 0 Å². The Kier molecular flexibility index (Phi) is 5.25. The van der Waals surface area contributed by atoms with Gasteiger partial charge < -0.3 is 19.5 Å². The molecule has 0 bridgehead atoms. The van der Waals surface area contributed by atoms with Crippen molar-refractivity contribution in [1.29, 1.82) is 0 Å². The van der Waals surface area contributed by atoms with E-state index in [1.807, 2.05) is 0 Å². The number of nitro groups is 1. The third-order valence-electron chi connectivity index (χ3n) is 3.95. The first kappa shape index (κ1) is 18.2. The van der Waals surface area contributed by atoms with E-state index in [0.29, 0.717) is 47.3 Å². The quantitative estimate of drug-likeness (QED) is 0.492. The van der Waals surface area contributed by atoms with Gasteiger partial charge in [0.15, 0.2) is 11.5 Å². The summed E-state index contributed by atoms with van der Waals surface area (Å²) in [6, 6.07) is 8.00. The van der Waals surface area contributed by atoms with E-state index in [1.54, 1.807) is 37.3 Å². The highest BCUT2D eigenvalue weighted by molar-refractivity contribution is 6.02. The molecular formula is C19H18N2O6. The number of rotatable bonds is 5. The van der Waals surface area contributed by atoms with Gasteiger partial charge >= 0.3 is 0 Å². The van der Waals surface area contributed by atoms with Crippen molar-refractivity contribution >= 4 is 23.4 Å². The van der Waals surface area contributed by atoms with Crippen molar-refractivity contribution in [3.63, 3.8) is 0 Å². The van der Waals surface area contributed by atoms with Crippen molar-refractivity contribution in [1.82, 2.24) is 0 Å². The molecule has 1 heterocycles. The molecule has 0 saturated carbocycles. The highest BCUT2D eigenvalue weighted by atomic mass is 16.6. The Balaban J connectivity index is 1.75. The highest BCUT2D eigenvalue weighted by Crippen LogP contribution is 2.40. The fraction of sp³-hybridized carbons (Fsp3) is 0.211. The molecule has 0 fully saturated rings. The second kappa shape index (κ2) is 7.77. The molecule has 2 aromatic carbocycles. The summed E-state index contributed by atoms with van der Waals surface area (Å²) in [7, 11) is 1.53. The van der Waals surface area contributed by atoms with E-state index in [2.05, 4.69) is 5.32 Å². The van der Waals surface area contributed by atoms with Crippen LogP contribution in [0.15, 0.2) is 36.4 Å². The van der Waals surface area contributed by atoms with Crippen LogP contribution < -0.4 is 19.5 Å². The van der Waals surface area contributed by atoms with Crippen LogP contribution in [-0.4, -0.2) is 31.2 Å². The molecule has 0 aromatic heterocycles. The van der Waals surface area contributed by atoms with Gasteiger partial charge in [0.1, 0.15) is 13.2 Å². The number of hydrogen-bond donors (Lipinski definition) is 1. The van der Waals surface area contributed by atoms with E-state index >= 15 is 0 Å². The van der Waals surface area contributed by atoms with E-state index in [4.69, 9.17) is 14.2 Å². The van der Waals surface area contributed by atoms with Crippen LogP contribution in [0.1, 0.15) is 11.1 Å². The van der Waals surface area contributed by atoms with Crippen LogP contribution in [-0.2, 0) is 4.79 Å². The number of carbonyl (C=O) groups excluding carboxylic acids is 1. The first-order chi connectivity index (χ1) is 13.0. The average molecular weight is 370 g/mol. The van der Waals surface area contributed by atoms with Gasteiger partial charge in [-0.15, -0.1) is 0 Å². The molecule has 0 radical (unpaired) electrons. The monoisotopic (exact) mass is 370 g/mol.